The average Bonchev–Trinajstić information content (AvgIpc) is 3.18. The van der Waals surface area contributed by atoms with Crippen LogP contribution in [0.15, 0.2) is 48.7 Å². The number of aryl methyl sites for hydroxylation is 1. The van der Waals surface area contributed by atoms with Crippen LogP contribution in [0.3, 0.4) is 0 Å². The molecular weight excluding hydrogens is 410 g/mol. The van der Waals surface area contributed by atoms with Crippen molar-refractivity contribution in [3.05, 3.63) is 64.7 Å². The smallest absolute Gasteiger partial charge is 0.262 e. The van der Waals surface area contributed by atoms with Crippen LogP contribution in [0.2, 0.25) is 0 Å². The quantitative estimate of drug-likeness (QED) is 0.634. The number of morpholine rings is 1. The van der Waals surface area contributed by atoms with E-state index >= 15 is 0 Å². The van der Waals surface area contributed by atoms with Gasteiger partial charge in [0, 0.05) is 36.2 Å². The van der Waals surface area contributed by atoms with Crippen molar-refractivity contribution in [2.45, 2.75) is 38.8 Å². The van der Waals surface area contributed by atoms with E-state index in [4.69, 9.17) is 4.74 Å². The third kappa shape index (κ3) is 4.94. The number of nitrogens with zero attached hydrogens (tertiary/aromatic N) is 2. The molecule has 1 aliphatic rings. The minimum Gasteiger partial charge on any atom is -0.370 e. The largest absolute Gasteiger partial charge is 0.370 e. The zero-order chi connectivity index (χ0) is 21.8. The van der Waals surface area contributed by atoms with Gasteiger partial charge >= 0.3 is 0 Å². The Morgan fingerprint density at radius 2 is 2.03 bits per heavy atom. The van der Waals surface area contributed by atoms with Crippen molar-refractivity contribution >= 4 is 33.4 Å². The van der Waals surface area contributed by atoms with Gasteiger partial charge in [0.05, 0.1) is 13.2 Å². The number of ether oxygens (including phenoxy) is 1. The monoisotopic (exact) mass is 437 g/mol. The molecule has 1 atom stereocenters. The van der Waals surface area contributed by atoms with E-state index in [1.807, 2.05) is 61.2 Å². The number of rotatable bonds is 6. The first-order valence-corrected chi connectivity index (χ1v) is 11.5. The average molecular weight is 438 g/mol. The summed E-state index contributed by atoms with van der Waals surface area (Å²) in [6.07, 6.45) is 2.56. The summed E-state index contributed by atoms with van der Waals surface area (Å²) < 4.78 is 6.07. The van der Waals surface area contributed by atoms with E-state index < -0.39 is 0 Å². The predicted molar refractivity (Wildman–Crippen MR) is 122 cm³/mol. The second-order valence-electron chi connectivity index (χ2n) is 8.01. The number of benzene rings is 1. The lowest BCUT2D eigenvalue weighted by Crippen LogP contribution is -2.42. The number of aromatic nitrogens is 1. The molecule has 1 saturated heterocycles. The highest BCUT2D eigenvalue weighted by atomic mass is 32.1. The van der Waals surface area contributed by atoms with Crippen molar-refractivity contribution in [2.24, 2.45) is 0 Å². The molecule has 3 aromatic rings. The Morgan fingerprint density at radius 1 is 1.23 bits per heavy atom. The van der Waals surface area contributed by atoms with Crippen LogP contribution in [-0.2, 0) is 16.0 Å². The van der Waals surface area contributed by atoms with Crippen molar-refractivity contribution in [1.29, 1.82) is 0 Å². The highest BCUT2D eigenvalue weighted by Crippen LogP contribution is 2.37. The van der Waals surface area contributed by atoms with E-state index in [1.54, 1.807) is 6.20 Å². The molecule has 2 aromatic heterocycles. The standard InChI is InChI=1S/C24H27N3O3S/c1-16(2)26-23(29)22-21(18-9-6-12-25-24(18)31-22)19-15-27(13-14-30-19)20(28)11-10-17-7-4-3-5-8-17/h3-9,12,16,19H,10-11,13-15H2,1-2H3,(H,26,29). The molecule has 3 heterocycles. The van der Waals surface area contributed by atoms with Gasteiger partial charge in [-0.2, -0.15) is 0 Å². The van der Waals surface area contributed by atoms with Gasteiger partial charge in [-0.3, -0.25) is 9.59 Å². The Kier molecular flexibility index (Phi) is 6.63. The van der Waals surface area contributed by atoms with Gasteiger partial charge in [-0.1, -0.05) is 36.4 Å². The Bertz CT molecular complexity index is 1060. The fraction of sp³-hybridized carbons (Fsp3) is 0.375. The first-order chi connectivity index (χ1) is 15.0. The van der Waals surface area contributed by atoms with Crippen LogP contribution in [0.5, 0.6) is 0 Å². The molecule has 31 heavy (non-hydrogen) atoms. The molecule has 0 aliphatic carbocycles. The molecule has 1 fully saturated rings. The Morgan fingerprint density at radius 3 is 2.81 bits per heavy atom. The fourth-order valence-corrected chi connectivity index (χ4v) is 4.97. The van der Waals surface area contributed by atoms with Crippen molar-refractivity contribution in [3.8, 4) is 0 Å². The maximum absolute atomic E-state index is 12.9. The zero-order valence-corrected chi connectivity index (χ0v) is 18.7. The lowest BCUT2D eigenvalue weighted by Gasteiger charge is -2.33. The Labute approximate surface area is 186 Å². The van der Waals surface area contributed by atoms with Crippen molar-refractivity contribution in [3.63, 3.8) is 0 Å². The maximum atomic E-state index is 12.9. The molecule has 1 unspecified atom stereocenters. The molecule has 0 bridgehead atoms. The zero-order valence-electron chi connectivity index (χ0n) is 17.8. The summed E-state index contributed by atoms with van der Waals surface area (Å²) in [5, 5.41) is 3.90. The van der Waals surface area contributed by atoms with Crippen LogP contribution in [0.1, 0.15) is 47.2 Å². The van der Waals surface area contributed by atoms with E-state index in [9.17, 15) is 9.59 Å². The first-order valence-electron chi connectivity index (χ1n) is 10.6. The van der Waals surface area contributed by atoms with Crippen molar-refractivity contribution in [1.82, 2.24) is 15.2 Å². The van der Waals surface area contributed by atoms with Crippen molar-refractivity contribution < 1.29 is 14.3 Å². The number of carbonyl (C=O) groups excluding carboxylic acids is 2. The molecule has 4 rings (SSSR count). The molecule has 2 amide bonds. The number of fused-ring (bicyclic) bond motifs is 1. The second-order valence-corrected chi connectivity index (χ2v) is 9.01. The van der Waals surface area contributed by atoms with Crippen LogP contribution < -0.4 is 5.32 Å². The highest BCUT2D eigenvalue weighted by Gasteiger charge is 2.31. The third-order valence-corrected chi connectivity index (χ3v) is 6.47. The van der Waals surface area contributed by atoms with Gasteiger partial charge in [-0.25, -0.2) is 4.98 Å². The first kappa shape index (κ1) is 21.5. The number of nitrogens with one attached hydrogen (secondary N) is 1. The van der Waals surface area contributed by atoms with Crippen LogP contribution in [0.4, 0.5) is 0 Å². The van der Waals surface area contributed by atoms with E-state index in [1.165, 1.54) is 11.3 Å². The van der Waals surface area contributed by atoms with Gasteiger partial charge in [-0.15, -0.1) is 11.3 Å². The van der Waals surface area contributed by atoms with E-state index in [0.29, 0.717) is 31.0 Å². The van der Waals surface area contributed by atoms with Gasteiger partial charge in [0.25, 0.3) is 5.91 Å². The minimum absolute atomic E-state index is 0.0295. The fourth-order valence-electron chi connectivity index (χ4n) is 3.87. The highest BCUT2D eigenvalue weighted by molar-refractivity contribution is 7.20. The summed E-state index contributed by atoms with van der Waals surface area (Å²) in [6, 6.07) is 13.9. The molecule has 1 aromatic carbocycles. The molecule has 1 aliphatic heterocycles. The lowest BCUT2D eigenvalue weighted by atomic mass is 10.0. The summed E-state index contributed by atoms with van der Waals surface area (Å²) in [6.45, 7) is 5.33. The number of pyridine rings is 1. The summed E-state index contributed by atoms with van der Waals surface area (Å²) in [7, 11) is 0. The SMILES string of the molecule is CC(C)NC(=O)c1sc2ncccc2c1C1CN(C(=O)CCc2ccccc2)CCO1. The van der Waals surface area contributed by atoms with E-state index in [0.717, 1.165) is 27.8 Å². The molecule has 0 spiro atoms. The van der Waals surface area contributed by atoms with Gasteiger partial charge in [0.1, 0.15) is 15.8 Å². The summed E-state index contributed by atoms with van der Waals surface area (Å²) >= 11 is 1.38. The van der Waals surface area contributed by atoms with Crippen LogP contribution in [0.25, 0.3) is 10.2 Å². The van der Waals surface area contributed by atoms with Crippen LogP contribution >= 0.6 is 11.3 Å². The molecule has 1 N–H and O–H groups in total. The number of amides is 2. The van der Waals surface area contributed by atoms with Gasteiger partial charge in [0.15, 0.2) is 0 Å². The number of hydrogen-bond acceptors (Lipinski definition) is 5. The molecule has 7 heteroatoms. The maximum Gasteiger partial charge on any atom is 0.262 e. The summed E-state index contributed by atoms with van der Waals surface area (Å²) in [5.41, 5.74) is 2.00. The van der Waals surface area contributed by atoms with Gasteiger partial charge < -0.3 is 15.0 Å². The molecular formula is C24H27N3O3S. The normalized spacial score (nSPS) is 16.6. The van der Waals surface area contributed by atoms with E-state index in [-0.39, 0.29) is 24.0 Å². The predicted octanol–water partition coefficient (Wildman–Crippen LogP) is 3.97. The minimum atomic E-state index is -0.347. The topological polar surface area (TPSA) is 71.5 Å². The third-order valence-electron chi connectivity index (χ3n) is 5.34. The number of hydrogen-bond donors (Lipinski definition) is 1. The number of thiophene rings is 1. The molecule has 0 radical (unpaired) electrons. The van der Waals surface area contributed by atoms with Gasteiger partial charge in [0.2, 0.25) is 5.91 Å². The summed E-state index contributed by atoms with van der Waals surface area (Å²) in [4.78, 5) is 33.5. The van der Waals surface area contributed by atoms with Crippen LogP contribution in [-0.4, -0.2) is 47.4 Å². The van der Waals surface area contributed by atoms with E-state index in [2.05, 4.69) is 10.3 Å². The van der Waals surface area contributed by atoms with Gasteiger partial charge in [-0.05, 0) is 31.9 Å². The summed E-state index contributed by atoms with van der Waals surface area (Å²) in [5.74, 6) is -0.00729. The molecule has 162 valence electrons. The lowest BCUT2D eigenvalue weighted by molar-refractivity contribution is -0.138. The number of carbonyl (C=O) groups is 2. The van der Waals surface area contributed by atoms with Crippen molar-refractivity contribution in [2.75, 3.05) is 19.7 Å². The Balaban J connectivity index is 1.55. The van der Waals surface area contributed by atoms with Crippen LogP contribution in [0, 0.1) is 0 Å². The molecule has 0 saturated carbocycles. The second kappa shape index (κ2) is 9.58. The molecule has 6 nitrogen and oxygen atoms in total. The Hall–Kier alpha value is -2.77.